The third kappa shape index (κ3) is 1.67. The summed E-state index contributed by atoms with van der Waals surface area (Å²) in [7, 11) is 0. The molecule has 4 rings (SSSR count). The fraction of sp³-hybridized carbons (Fsp3) is 0.842. The van der Waals surface area contributed by atoms with Crippen molar-refractivity contribution in [2.75, 3.05) is 0 Å². The topological polar surface area (TPSA) is 63.3 Å². The summed E-state index contributed by atoms with van der Waals surface area (Å²) in [4.78, 5) is 12.4. The largest absolute Gasteiger partial charge is 0.393 e. The third-order valence-electron chi connectivity index (χ3n) is 7.97. The maximum Gasteiger partial charge on any atom is 0.139 e. The van der Waals surface area contributed by atoms with E-state index in [0.29, 0.717) is 17.6 Å². The van der Waals surface area contributed by atoms with Crippen LogP contribution < -0.4 is 5.73 Å². The van der Waals surface area contributed by atoms with Crippen molar-refractivity contribution >= 4 is 5.78 Å². The molecule has 4 aliphatic carbocycles. The average Bonchev–Trinajstić information content (AvgIpc) is 2.77. The Morgan fingerprint density at radius 3 is 2.59 bits per heavy atom. The molecule has 4 aliphatic rings. The number of nitrogens with two attached hydrogens (primary N) is 1. The first-order chi connectivity index (χ1) is 10.3. The van der Waals surface area contributed by atoms with Gasteiger partial charge in [0.15, 0.2) is 0 Å². The zero-order valence-corrected chi connectivity index (χ0v) is 13.9. The van der Waals surface area contributed by atoms with Gasteiger partial charge in [0.1, 0.15) is 5.78 Å². The van der Waals surface area contributed by atoms with Crippen molar-refractivity contribution in [1.82, 2.24) is 0 Å². The lowest BCUT2D eigenvalue weighted by atomic mass is 9.45. The van der Waals surface area contributed by atoms with Crippen LogP contribution in [0.2, 0.25) is 0 Å². The molecule has 3 saturated carbocycles. The van der Waals surface area contributed by atoms with E-state index < -0.39 is 0 Å². The number of ketones is 1. The molecule has 0 spiro atoms. The van der Waals surface area contributed by atoms with Crippen LogP contribution in [0.25, 0.3) is 0 Å². The Morgan fingerprint density at radius 2 is 1.82 bits per heavy atom. The van der Waals surface area contributed by atoms with E-state index in [1.807, 2.05) is 0 Å². The van der Waals surface area contributed by atoms with E-state index in [4.69, 9.17) is 5.73 Å². The lowest BCUT2D eigenvalue weighted by Crippen LogP contribution is -2.66. The maximum atomic E-state index is 12.4. The number of Topliss-reactive ketones (excluding diaryl/α,β-unsaturated/α-hetero) is 1. The van der Waals surface area contributed by atoms with E-state index in [2.05, 4.69) is 19.9 Å². The highest BCUT2D eigenvalue weighted by Gasteiger charge is 2.64. The predicted octanol–water partition coefficient (Wildman–Crippen LogP) is 2.96. The van der Waals surface area contributed by atoms with E-state index in [1.165, 1.54) is 5.57 Å². The third-order valence-corrected chi connectivity index (χ3v) is 7.97. The second-order valence-corrected chi connectivity index (χ2v) is 8.88. The van der Waals surface area contributed by atoms with Gasteiger partial charge >= 0.3 is 0 Å². The molecule has 6 atom stereocenters. The van der Waals surface area contributed by atoms with Crippen molar-refractivity contribution in [3.63, 3.8) is 0 Å². The molecule has 22 heavy (non-hydrogen) atoms. The van der Waals surface area contributed by atoms with Crippen molar-refractivity contribution in [3.05, 3.63) is 11.6 Å². The van der Waals surface area contributed by atoms with Gasteiger partial charge in [-0.1, -0.05) is 25.5 Å². The molecule has 0 aromatic rings. The summed E-state index contributed by atoms with van der Waals surface area (Å²) < 4.78 is 0. The number of fused-ring (bicyclic) bond motifs is 5. The molecule has 0 amide bonds. The van der Waals surface area contributed by atoms with Crippen LogP contribution in [0.5, 0.6) is 0 Å². The van der Waals surface area contributed by atoms with Gasteiger partial charge in [-0.25, -0.2) is 0 Å². The van der Waals surface area contributed by atoms with Crippen molar-refractivity contribution in [2.24, 2.45) is 28.4 Å². The Labute approximate surface area is 133 Å². The van der Waals surface area contributed by atoms with E-state index in [0.717, 1.165) is 51.4 Å². The van der Waals surface area contributed by atoms with Crippen LogP contribution in [0.15, 0.2) is 11.6 Å². The van der Waals surface area contributed by atoms with Gasteiger partial charge in [-0.15, -0.1) is 0 Å². The Bertz CT molecular complexity index is 556. The summed E-state index contributed by atoms with van der Waals surface area (Å²) in [6.07, 6.45) is 9.57. The number of hydrogen-bond acceptors (Lipinski definition) is 3. The minimum absolute atomic E-state index is 0.138. The van der Waals surface area contributed by atoms with E-state index >= 15 is 0 Å². The van der Waals surface area contributed by atoms with Gasteiger partial charge in [0.2, 0.25) is 0 Å². The SMILES string of the molecule is CC12CC[C@H](O)CC1=CC[C@]1(N)C2CC[C@]2(C)C(=O)CC[C@H]21. The second kappa shape index (κ2) is 4.45. The van der Waals surface area contributed by atoms with Crippen molar-refractivity contribution in [1.29, 1.82) is 0 Å². The van der Waals surface area contributed by atoms with E-state index in [-0.39, 0.29) is 22.5 Å². The molecular formula is C19H29NO2. The van der Waals surface area contributed by atoms with Gasteiger partial charge in [0.05, 0.1) is 6.10 Å². The first-order valence-corrected chi connectivity index (χ1v) is 9.00. The molecule has 3 N–H and O–H groups in total. The molecule has 2 unspecified atom stereocenters. The van der Waals surface area contributed by atoms with Crippen LogP contribution in [0.4, 0.5) is 0 Å². The van der Waals surface area contributed by atoms with Crippen molar-refractivity contribution < 1.29 is 9.90 Å². The van der Waals surface area contributed by atoms with Gasteiger partial charge in [-0.05, 0) is 62.2 Å². The van der Waals surface area contributed by atoms with E-state index in [9.17, 15) is 9.90 Å². The van der Waals surface area contributed by atoms with Crippen LogP contribution in [-0.2, 0) is 4.79 Å². The number of carbonyl (C=O) groups is 1. The monoisotopic (exact) mass is 303 g/mol. The first kappa shape index (κ1) is 14.9. The molecule has 0 aromatic carbocycles. The smallest absolute Gasteiger partial charge is 0.139 e. The van der Waals surface area contributed by atoms with Crippen LogP contribution in [-0.4, -0.2) is 22.5 Å². The molecule has 3 nitrogen and oxygen atoms in total. The van der Waals surface area contributed by atoms with Gasteiger partial charge in [-0.2, -0.15) is 0 Å². The highest BCUT2D eigenvalue weighted by atomic mass is 16.3. The van der Waals surface area contributed by atoms with Gasteiger partial charge in [0, 0.05) is 17.4 Å². The lowest BCUT2D eigenvalue weighted by Gasteiger charge is -2.61. The highest BCUT2D eigenvalue weighted by Crippen LogP contribution is 2.64. The summed E-state index contributed by atoms with van der Waals surface area (Å²) in [5.41, 5.74) is 8.24. The van der Waals surface area contributed by atoms with Crippen LogP contribution in [0.3, 0.4) is 0 Å². The molecule has 122 valence electrons. The summed E-state index contributed by atoms with van der Waals surface area (Å²) in [6.45, 7) is 4.54. The fourth-order valence-electron chi connectivity index (χ4n) is 6.63. The number of carbonyl (C=O) groups excluding carboxylic acids is 1. The summed E-state index contributed by atoms with van der Waals surface area (Å²) in [6, 6.07) is 0. The van der Waals surface area contributed by atoms with Crippen LogP contribution in [0, 0.1) is 22.7 Å². The molecule has 0 bridgehead atoms. The Balaban J connectivity index is 1.76. The second-order valence-electron chi connectivity index (χ2n) is 8.88. The molecule has 0 heterocycles. The summed E-state index contributed by atoms with van der Waals surface area (Å²) >= 11 is 0. The maximum absolute atomic E-state index is 12.4. The normalized spacial score (nSPS) is 54.3. The summed E-state index contributed by atoms with van der Waals surface area (Å²) in [5.74, 6) is 1.25. The molecule has 0 saturated heterocycles. The lowest BCUT2D eigenvalue weighted by molar-refractivity contribution is -0.133. The predicted molar refractivity (Wildman–Crippen MR) is 86.1 cm³/mol. The number of hydrogen-bond donors (Lipinski definition) is 2. The van der Waals surface area contributed by atoms with Gasteiger partial charge in [-0.3, -0.25) is 4.79 Å². The number of aliphatic hydroxyl groups is 1. The molecule has 0 aliphatic heterocycles. The van der Waals surface area contributed by atoms with E-state index in [1.54, 1.807) is 0 Å². The minimum Gasteiger partial charge on any atom is -0.393 e. The molecule has 0 radical (unpaired) electrons. The van der Waals surface area contributed by atoms with Crippen LogP contribution in [0.1, 0.15) is 65.2 Å². The number of aliphatic hydroxyl groups excluding tert-OH is 1. The highest BCUT2D eigenvalue weighted by molar-refractivity contribution is 5.87. The Morgan fingerprint density at radius 1 is 1.14 bits per heavy atom. The van der Waals surface area contributed by atoms with Crippen molar-refractivity contribution in [3.8, 4) is 0 Å². The van der Waals surface area contributed by atoms with Gasteiger partial charge < -0.3 is 10.8 Å². The quantitative estimate of drug-likeness (QED) is 0.676. The zero-order valence-electron chi connectivity index (χ0n) is 13.9. The van der Waals surface area contributed by atoms with Gasteiger partial charge in [0.25, 0.3) is 0 Å². The summed E-state index contributed by atoms with van der Waals surface area (Å²) in [5, 5.41) is 10.0. The Kier molecular flexibility index (Phi) is 3.01. The molecule has 0 aromatic heterocycles. The van der Waals surface area contributed by atoms with Crippen molar-refractivity contribution in [2.45, 2.75) is 76.9 Å². The molecule has 3 heteroatoms. The minimum atomic E-state index is -0.223. The standard InChI is InChI=1S/C19H29NO2/c1-17-8-6-13(21)11-12(17)5-10-19(20)14-3-4-16(22)18(14,2)9-7-15(17)19/h5,13-15,21H,3-4,6-11,20H2,1-2H3/t13-,14+,15?,17?,18-,19+/m0/s1. The molecular weight excluding hydrogens is 274 g/mol. The van der Waals surface area contributed by atoms with Crippen LogP contribution >= 0.6 is 0 Å². The average molecular weight is 303 g/mol. The first-order valence-electron chi connectivity index (χ1n) is 9.00. The Hall–Kier alpha value is -0.670. The zero-order chi connectivity index (χ0) is 15.8. The fourth-order valence-corrected chi connectivity index (χ4v) is 6.63. The molecule has 3 fully saturated rings. The number of rotatable bonds is 0.